The summed E-state index contributed by atoms with van der Waals surface area (Å²) in [4.78, 5) is 18.3. The Labute approximate surface area is 178 Å². The first-order valence-corrected chi connectivity index (χ1v) is 10.7. The zero-order valence-corrected chi connectivity index (χ0v) is 18.6. The topological polar surface area (TPSA) is 48.1 Å². The summed E-state index contributed by atoms with van der Waals surface area (Å²) in [6.45, 7) is 12.7. The number of aromatic nitrogens is 1. The Balaban J connectivity index is 1.82. The Kier molecular flexibility index (Phi) is 6.80. The van der Waals surface area contributed by atoms with Gasteiger partial charge in [-0.15, -0.1) is 0 Å². The number of hydrogen-bond donors (Lipinski definition) is 2. The Morgan fingerprint density at radius 2 is 1.90 bits per heavy atom. The van der Waals surface area contributed by atoms with Crippen LogP contribution in [0, 0.1) is 24.6 Å². The fourth-order valence-electron chi connectivity index (χ4n) is 3.66. The molecule has 0 bridgehead atoms. The third-order valence-corrected chi connectivity index (χ3v) is 5.48. The SMILES string of the molecule is CCC(C)CN(CC(C)C)c1cccc(NC(=O)c2cc3c(F)ccc(C)c3[nH]2)c1. The van der Waals surface area contributed by atoms with E-state index >= 15 is 0 Å². The predicted molar refractivity (Wildman–Crippen MR) is 124 cm³/mol. The van der Waals surface area contributed by atoms with Crippen LogP contribution in [0.25, 0.3) is 10.9 Å². The fraction of sp³-hybridized carbons (Fsp3) is 0.400. The second-order valence-corrected chi connectivity index (χ2v) is 8.65. The molecule has 1 aromatic heterocycles. The Hall–Kier alpha value is -2.82. The van der Waals surface area contributed by atoms with Gasteiger partial charge in [-0.25, -0.2) is 4.39 Å². The molecule has 5 heteroatoms. The lowest BCUT2D eigenvalue weighted by atomic mass is 10.1. The summed E-state index contributed by atoms with van der Waals surface area (Å²) in [5, 5.41) is 3.39. The number of anilines is 2. The lowest BCUT2D eigenvalue weighted by molar-refractivity contribution is 0.102. The first-order valence-electron chi connectivity index (χ1n) is 10.7. The molecule has 0 radical (unpaired) electrons. The maximum absolute atomic E-state index is 14.1. The summed E-state index contributed by atoms with van der Waals surface area (Å²) in [5.74, 6) is 0.519. The standard InChI is InChI=1S/C25H32FN3O/c1-6-17(4)15-29(14-16(2)3)20-9-7-8-19(12-20)27-25(30)23-13-21-22(26)11-10-18(5)24(21)28-23/h7-13,16-17,28H,6,14-15H2,1-5H3,(H,27,30). The van der Waals surface area contributed by atoms with Gasteiger partial charge in [-0.3, -0.25) is 4.79 Å². The highest BCUT2D eigenvalue weighted by atomic mass is 19.1. The van der Waals surface area contributed by atoms with Crippen LogP contribution in [0.2, 0.25) is 0 Å². The number of H-pyrrole nitrogens is 1. The number of benzene rings is 2. The molecule has 0 aliphatic rings. The van der Waals surface area contributed by atoms with Crippen LogP contribution in [0.4, 0.5) is 15.8 Å². The number of halogens is 1. The van der Waals surface area contributed by atoms with Gasteiger partial charge in [0.05, 0.1) is 5.52 Å². The number of nitrogens with zero attached hydrogens (tertiary/aromatic N) is 1. The van der Waals surface area contributed by atoms with Crippen molar-refractivity contribution in [2.75, 3.05) is 23.3 Å². The van der Waals surface area contributed by atoms with Crippen molar-refractivity contribution in [2.45, 2.75) is 41.0 Å². The number of aryl methyl sites for hydroxylation is 1. The molecule has 1 atom stereocenters. The molecule has 30 heavy (non-hydrogen) atoms. The van der Waals surface area contributed by atoms with Gasteiger partial charge in [0.25, 0.3) is 5.91 Å². The number of amides is 1. The van der Waals surface area contributed by atoms with Crippen molar-refractivity contribution in [3.05, 3.63) is 59.5 Å². The van der Waals surface area contributed by atoms with Crippen LogP contribution in [-0.2, 0) is 0 Å². The van der Waals surface area contributed by atoms with E-state index in [4.69, 9.17) is 0 Å². The van der Waals surface area contributed by atoms with Crippen molar-refractivity contribution in [1.29, 1.82) is 0 Å². The molecule has 0 saturated carbocycles. The Bertz CT molecular complexity index is 985. The number of hydrogen-bond acceptors (Lipinski definition) is 2. The van der Waals surface area contributed by atoms with E-state index in [0.717, 1.165) is 36.4 Å². The maximum atomic E-state index is 14.1. The van der Waals surface area contributed by atoms with E-state index < -0.39 is 0 Å². The molecule has 0 spiro atoms. The number of carbonyl (C=O) groups excluding carboxylic acids is 1. The predicted octanol–water partition coefficient (Wildman–Crippen LogP) is 6.38. The summed E-state index contributed by atoms with van der Waals surface area (Å²) in [7, 11) is 0. The van der Waals surface area contributed by atoms with Crippen molar-refractivity contribution in [3.8, 4) is 0 Å². The number of fused-ring (bicyclic) bond motifs is 1. The maximum Gasteiger partial charge on any atom is 0.272 e. The van der Waals surface area contributed by atoms with Crippen LogP contribution in [0.1, 0.15) is 50.2 Å². The normalized spacial score (nSPS) is 12.4. The average Bonchev–Trinajstić information content (AvgIpc) is 3.17. The van der Waals surface area contributed by atoms with Crippen LogP contribution in [0.3, 0.4) is 0 Å². The molecule has 1 unspecified atom stereocenters. The molecular weight excluding hydrogens is 377 g/mol. The van der Waals surface area contributed by atoms with E-state index in [9.17, 15) is 9.18 Å². The molecule has 0 aliphatic heterocycles. The number of aromatic amines is 1. The average molecular weight is 410 g/mol. The van der Waals surface area contributed by atoms with E-state index in [1.54, 1.807) is 12.1 Å². The lowest BCUT2D eigenvalue weighted by Crippen LogP contribution is -2.32. The third kappa shape index (κ3) is 5.02. The number of rotatable bonds is 8. The highest BCUT2D eigenvalue weighted by molar-refractivity contribution is 6.06. The molecule has 3 rings (SSSR count). The Morgan fingerprint density at radius 3 is 2.57 bits per heavy atom. The largest absolute Gasteiger partial charge is 0.371 e. The van der Waals surface area contributed by atoms with E-state index in [0.29, 0.717) is 28.4 Å². The highest BCUT2D eigenvalue weighted by Crippen LogP contribution is 2.25. The molecule has 160 valence electrons. The van der Waals surface area contributed by atoms with Gasteiger partial charge in [-0.1, -0.05) is 46.2 Å². The van der Waals surface area contributed by atoms with Crippen molar-refractivity contribution in [1.82, 2.24) is 4.98 Å². The zero-order valence-electron chi connectivity index (χ0n) is 18.6. The van der Waals surface area contributed by atoms with Gasteiger partial charge in [0.2, 0.25) is 0 Å². The van der Waals surface area contributed by atoms with Gasteiger partial charge in [0.15, 0.2) is 0 Å². The summed E-state index contributed by atoms with van der Waals surface area (Å²) in [6.07, 6.45) is 1.13. The first kappa shape index (κ1) is 21.9. The van der Waals surface area contributed by atoms with Crippen molar-refractivity contribution < 1.29 is 9.18 Å². The number of nitrogens with one attached hydrogen (secondary N) is 2. The quantitative estimate of drug-likeness (QED) is 0.454. The van der Waals surface area contributed by atoms with Gasteiger partial charge in [-0.2, -0.15) is 0 Å². The minimum absolute atomic E-state index is 0.278. The van der Waals surface area contributed by atoms with E-state index in [-0.39, 0.29) is 11.7 Å². The molecule has 4 nitrogen and oxygen atoms in total. The lowest BCUT2D eigenvalue weighted by Gasteiger charge is -2.29. The van der Waals surface area contributed by atoms with E-state index in [2.05, 4.69) is 49.0 Å². The zero-order chi connectivity index (χ0) is 21.8. The fourth-order valence-corrected chi connectivity index (χ4v) is 3.66. The molecule has 3 aromatic rings. The van der Waals surface area contributed by atoms with Gasteiger partial charge >= 0.3 is 0 Å². The first-order chi connectivity index (χ1) is 14.3. The van der Waals surface area contributed by atoms with Crippen LogP contribution in [0.5, 0.6) is 0 Å². The van der Waals surface area contributed by atoms with Gasteiger partial charge in [0.1, 0.15) is 11.5 Å². The molecule has 0 aliphatic carbocycles. The van der Waals surface area contributed by atoms with E-state index in [1.165, 1.54) is 6.07 Å². The minimum Gasteiger partial charge on any atom is -0.371 e. The van der Waals surface area contributed by atoms with Gasteiger partial charge in [0, 0.05) is 29.9 Å². The molecule has 2 aromatic carbocycles. The van der Waals surface area contributed by atoms with Crippen LogP contribution in [0.15, 0.2) is 42.5 Å². The summed E-state index contributed by atoms with van der Waals surface area (Å²) in [6, 6.07) is 12.7. The smallest absolute Gasteiger partial charge is 0.272 e. The van der Waals surface area contributed by atoms with Crippen molar-refractivity contribution >= 4 is 28.2 Å². The van der Waals surface area contributed by atoms with Crippen LogP contribution in [-0.4, -0.2) is 24.0 Å². The third-order valence-electron chi connectivity index (χ3n) is 5.48. The monoisotopic (exact) mass is 409 g/mol. The van der Waals surface area contributed by atoms with Crippen molar-refractivity contribution in [2.24, 2.45) is 11.8 Å². The van der Waals surface area contributed by atoms with E-state index in [1.807, 2.05) is 25.1 Å². The summed E-state index contributed by atoms with van der Waals surface area (Å²) >= 11 is 0. The molecular formula is C25H32FN3O. The van der Waals surface area contributed by atoms with Crippen molar-refractivity contribution in [3.63, 3.8) is 0 Å². The van der Waals surface area contributed by atoms with Crippen LogP contribution < -0.4 is 10.2 Å². The Morgan fingerprint density at radius 1 is 1.13 bits per heavy atom. The molecule has 1 amide bonds. The molecule has 0 saturated heterocycles. The molecule has 1 heterocycles. The van der Waals surface area contributed by atoms with Gasteiger partial charge < -0.3 is 15.2 Å². The summed E-state index contributed by atoms with van der Waals surface area (Å²) in [5.41, 5.74) is 3.74. The molecule has 2 N–H and O–H groups in total. The van der Waals surface area contributed by atoms with Gasteiger partial charge in [-0.05, 0) is 54.7 Å². The summed E-state index contributed by atoms with van der Waals surface area (Å²) < 4.78 is 14.1. The second kappa shape index (κ2) is 9.33. The minimum atomic E-state index is -0.331. The van der Waals surface area contributed by atoms with Crippen LogP contribution >= 0.6 is 0 Å². The number of carbonyl (C=O) groups is 1. The highest BCUT2D eigenvalue weighted by Gasteiger charge is 2.16. The molecule has 0 fully saturated rings. The second-order valence-electron chi connectivity index (χ2n) is 8.65.